The number of fused-ring (bicyclic) bond motifs is 2. The van der Waals surface area contributed by atoms with Crippen molar-refractivity contribution < 1.29 is 19.0 Å². The fourth-order valence-corrected chi connectivity index (χ4v) is 2.82. The first-order valence-electron chi connectivity index (χ1n) is 7.13. The molecule has 5 heteroatoms. The molecule has 1 amide bonds. The fraction of sp³-hybridized carbons (Fsp3) is 0.533. The van der Waals surface area contributed by atoms with Gasteiger partial charge in [-0.3, -0.25) is 0 Å². The molecule has 0 fully saturated rings. The summed E-state index contributed by atoms with van der Waals surface area (Å²) in [7, 11) is 0. The van der Waals surface area contributed by atoms with E-state index >= 15 is 0 Å². The average Bonchev–Trinajstić information content (AvgIpc) is 3.06. The van der Waals surface area contributed by atoms with Gasteiger partial charge >= 0.3 is 6.09 Å². The zero-order valence-electron chi connectivity index (χ0n) is 11.7. The molecule has 0 atom stereocenters. The molecule has 1 aromatic rings. The lowest BCUT2D eigenvalue weighted by molar-refractivity contribution is 0.152. The van der Waals surface area contributed by atoms with Crippen molar-refractivity contribution in [1.29, 1.82) is 0 Å². The number of ether oxygens (including phenoxy) is 3. The molecule has 5 nitrogen and oxygen atoms in total. The SMILES string of the molecule is CCOC(=O)NCCc1c2c(cc3c1OCC3)OCC2. The minimum absolute atomic E-state index is 0.367. The standard InChI is InChI=1S/C15H19NO4/c1-2-18-15(17)16-6-3-12-11-5-8-19-13(11)9-10-4-7-20-14(10)12/h9H,2-8H2,1H3,(H,16,17). The monoisotopic (exact) mass is 277 g/mol. The molecule has 108 valence electrons. The van der Waals surface area contributed by atoms with E-state index in [0.717, 1.165) is 44.0 Å². The summed E-state index contributed by atoms with van der Waals surface area (Å²) in [6.45, 7) is 4.19. The fourth-order valence-electron chi connectivity index (χ4n) is 2.82. The van der Waals surface area contributed by atoms with Gasteiger partial charge in [-0.1, -0.05) is 0 Å². The molecule has 20 heavy (non-hydrogen) atoms. The van der Waals surface area contributed by atoms with Crippen LogP contribution in [0.25, 0.3) is 0 Å². The van der Waals surface area contributed by atoms with Crippen LogP contribution in [0.2, 0.25) is 0 Å². The molecule has 2 heterocycles. The molecular formula is C15H19NO4. The van der Waals surface area contributed by atoms with Crippen LogP contribution in [0.15, 0.2) is 6.07 Å². The van der Waals surface area contributed by atoms with E-state index < -0.39 is 0 Å². The molecule has 0 unspecified atom stereocenters. The summed E-state index contributed by atoms with van der Waals surface area (Å²) in [5.74, 6) is 1.99. The quantitative estimate of drug-likeness (QED) is 0.912. The summed E-state index contributed by atoms with van der Waals surface area (Å²) in [5, 5.41) is 2.76. The second kappa shape index (κ2) is 5.61. The first-order chi connectivity index (χ1) is 9.79. The third-order valence-electron chi connectivity index (χ3n) is 3.68. The molecule has 0 aromatic heterocycles. The Morgan fingerprint density at radius 1 is 1.35 bits per heavy atom. The van der Waals surface area contributed by atoms with Gasteiger partial charge in [0.2, 0.25) is 0 Å². The van der Waals surface area contributed by atoms with Gasteiger partial charge in [0.15, 0.2) is 0 Å². The second-order valence-corrected chi connectivity index (χ2v) is 4.91. The molecule has 0 saturated heterocycles. The maximum atomic E-state index is 11.3. The van der Waals surface area contributed by atoms with Crippen LogP contribution in [0.5, 0.6) is 11.5 Å². The Morgan fingerprint density at radius 3 is 3.05 bits per heavy atom. The number of hydrogen-bond acceptors (Lipinski definition) is 4. The van der Waals surface area contributed by atoms with Gasteiger partial charge < -0.3 is 19.5 Å². The topological polar surface area (TPSA) is 56.8 Å². The Hall–Kier alpha value is -1.91. The highest BCUT2D eigenvalue weighted by Crippen LogP contribution is 2.40. The summed E-state index contributed by atoms with van der Waals surface area (Å²) >= 11 is 0. The predicted molar refractivity (Wildman–Crippen MR) is 73.6 cm³/mol. The van der Waals surface area contributed by atoms with Gasteiger partial charge in [0.05, 0.1) is 19.8 Å². The van der Waals surface area contributed by atoms with Gasteiger partial charge in [-0.15, -0.1) is 0 Å². The van der Waals surface area contributed by atoms with E-state index in [1.807, 2.05) is 0 Å². The minimum atomic E-state index is -0.367. The van der Waals surface area contributed by atoms with Crippen LogP contribution in [0, 0.1) is 0 Å². The van der Waals surface area contributed by atoms with Crippen molar-refractivity contribution in [3.8, 4) is 11.5 Å². The van der Waals surface area contributed by atoms with Gasteiger partial charge in [0.25, 0.3) is 0 Å². The van der Waals surface area contributed by atoms with Crippen LogP contribution < -0.4 is 14.8 Å². The van der Waals surface area contributed by atoms with E-state index in [4.69, 9.17) is 14.2 Å². The Labute approximate surface area is 118 Å². The number of alkyl carbamates (subject to hydrolysis) is 1. The Balaban J connectivity index is 1.74. The molecule has 0 bridgehead atoms. The molecule has 0 aliphatic carbocycles. The van der Waals surface area contributed by atoms with Crippen LogP contribution in [0.3, 0.4) is 0 Å². The number of amides is 1. The summed E-state index contributed by atoms with van der Waals surface area (Å²) < 4.78 is 16.3. The van der Waals surface area contributed by atoms with Gasteiger partial charge in [0, 0.05) is 36.1 Å². The highest BCUT2D eigenvalue weighted by molar-refractivity contribution is 5.67. The van der Waals surface area contributed by atoms with E-state index in [1.54, 1.807) is 6.92 Å². The van der Waals surface area contributed by atoms with Crippen LogP contribution in [-0.4, -0.2) is 32.5 Å². The average molecular weight is 277 g/mol. The molecule has 2 aliphatic heterocycles. The number of rotatable bonds is 4. The largest absolute Gasteiger partial charge is 0.493 e. The van der Waals surface area contributed by atoms with Crippen LogP contribution >= 0.6 is 0 Å². The zero-order valence-corrected chi connectivity index (χ0v) is 11.7. The smallest absolute Gasteiger partial charge is 0.407 e. The van der Waals surface area contributed by atoms with Crippen LogP contribution in [0.1, 0.15) is 23.6 Å². The molecule has 1 N–H and O–H groups in total. The highest BCUT2D eigenvalue weighted by atomic mass is 16.5. The lowest BCUT2D eigenvalue weighted by Crippen LogP contribution is -2.26. The van der Waals surface area contributed by atoms with E-state index in [-0.39, 0.29) is 6.09 Å². The molecule has 0 spiro atoms. The maximum Gasteiger partial charge on any atom is 0.407 e. The molecule has 3 rings (SSSR count). The molecule has 0 radical (unpaired) electrons. The number of hydrogen-bond donors (Lipinski definition) is 1. The lowest BCUT2D eigenvalue weighted by Gasteiger charge is -2.13. The first kappa shape index (κ1) is 13.1. The summed E-state index contributed by atoms with van der Waals surface area (Å²) in [6.07, 6.45) is 2.23. The Morgan fingerprint density at radius 2 is 2.20 bits per heavy atom. The van der Waals surface area contributed by atoms with Gasteiger partial charge in [-0.25, -0.2) is 4.79 Å². The third-order valence-corrected chi connectivity index (χ3v) is 3.68. The van der Waals surface area contributed by atoms with Crippen molar-refractivity contribution in [1.82, 2.24) is 5.32 Å². The number of carbonyl (C=O) groups is 1. The van der Waals surface area contributed by atoms with Crippen molar-refractivity contribution in [3.05, 3.63) is 22.8 Å². The molecular weight excluding hydrogens is 258 g/mol. The summed E-state index contributed by atoms with van der Waals surface area (Å²) in [4.78, 5) is 11.3. The molecule has 1 aromatic carbocycles. The summed E-state index contributed by atoms with van der Waals surface area (Å²) in [6, 6.07) is 2.10. The van der Waals surface area contributed by atoms with Crippen molar-refractivity contribution in [2.24, 2.45) is 0 Å². The summed E-state index contributed by atoms with van der Waals surface area (Å²) in [5.41, 5.74) is 3.64. The first-order valence-corrected chi connectivity index (χ1v) is 7.13. The van der Waals surface area contributed by atoms with Crippen LogP contribution in [0.4, 0.5) is 4.79 Å². The Kier molecular flexibility index (Phi) is 3.67. The zero-order chi connectivity index (χ0) is 13.9. The van der Waals surface area contributed by atoms with E-state index in [1.165, 1.54) is 16.7 Å². The number of benzene rings is 1. The van der Waals surface area contributed by atoms with Gasteiger partial charge in [-0.2, -0.15) is 0 Å². The van der Waals surface area contributed by atoms with Crippen molar-refractivity contribution in [2.45, 2.75) is 26.2 Å². The van der Waals surface area contributed by atoms with Crippen molar-refractivity contribution in [2.75, 3.05) is 26.4 Å². The number of nitrogens with one attached hydrogen (secondary N) is 1. The number of carbonyl (C=O) groups excluding carboxylic acids is 1. The third kappa shape index (κ3) is 2.40. The minimum Gasteiger partial charge on any atom is -0.493 e. The van der Waals surface area contributed by atoms with Crippen molar-refractivity contribution in [3.63, 3.8) is 0 Å². The second-order valence-electron chi connectivity index (χ2n) is 4.91. The lowest BCUT2D eigenvalue weighted by atomic mass is 9.97. The van der Waals surface area contributed by atoms with E-state index in [9.17, 15) is 4.79 Å². The predicted octanol–water partition coefficient (Wildman–Crippen LogP) is 1.84. The molecule has 2 aliphatic rings. The highest BCUT2D eigenvalue weighted by Gasteiger charge is 2.26. The molecule has 0 saturated carbocycles. The van der Waals surface area contributed by atoms with Crippen LogP contribution in [-0.2, 0) is 24.0 Å². The maximum absolute atomic E-state index is 11.3. The Bertz CT molecular complexity index is 495. The normalized spacial score (nSPS) is 15.1. The van der Waals surface area contributed by atoms with Crippen molar-refractivity contribution >= 4 is 6.09 Å². The van der Waals surface area contributed by atoms with Gasteiger partial charge in [-0.05, 0) is 19.4 Å². The van der Waals surface area contributed by atoms with Gasteiger partial charge in [0.1, 0.15) is 11.5 Å². The van der Waals surface area contributed by atoms with E-state index in [2.05, 4.69) is 11.4 Å². The van der Waals surface area contributed by atoms with E-state index in [0.29, 0.717) is 13.2 Å².